The molecule has 1 atom stereocenters. The molecule has 134 valence electrons. The number of furan rings is 1. The summed E-state index contributed by atoms with van der Waals surface area (Å²) in [5.41, 5.74) is 7.65. The van der Waals surface area contributed by atoms with Gasteiger partial charge >= 0.3 is 0 Å². The van der Waals surface area contributed by atoms with Crippen molar-refractivity contribution in [2.75, 3.05) is 19.6 Å². The number of nitrogens with zero attached hydrogens (tertiary/aromatic N) is 3. The van der Waals surface area contributed by atoms with Crippen LogP contribution in [0.25, 0.3) is 17.1 Å². The lowest BCUT2D eigenvalue weighted by molar-refractivity contribution is 0.0781. The zero-order valence-electron chi connectivity index (χ0n) is 14.1. The monoisotopic (exact) mass is 370 g/mol. The molecular weight excluding hydrogens is 352 g/mol. The average molecular weight is 371 g/mol. The van der Waals surface area contributed by atoms with Crippen LogP contribution in [0.5, 0.6) is 0 Å². The molecule has 1 amide bonds. The number of hydrogen-bond donors (Lipinski definition) is 1. The van der Waals surface area contributed by atoms with Crippen molar-refractivity contribution in [2.24, 2.45) is 11.7 Å². The maximum Gasteiger partial charge on any atom is 0.274 e. The van der Waals surface area contributed by atoms with E-state index in [4.69, 9.17) is 21.8 Å². The lowest BCUT2D eigenvalue weighted by Crippen LogP contribution is -2.30. The predicted octanol–water partition coefficient (Wildman–Crippen LogP) is 3.21. The van der Waals surface area contributed by atoms with Crippen LogP contribution < -0.4 is 5.73 Å². The van der Waals surface area contributed by atoms with Gasteiger partial charge < -0.3 is 15.1 Å². The minimum absolute atomic E-state index is 0.0820. The molecule has 0 saturated carbocycles. The van der Waals surface area contributed by atoms with Gasteiger partial charge in [-0.15, -0.1) is 0 Å². The van der Waals surface area contributed by atoms with Gasteiger partial charge in [-0.1, -0.05) is 11.6 Å². The molecular formula is C19H19ClN4O2. The molecule has 1 aromatic carbocycles. The second-order valence-corrected chi connectivity index (χ2v) is 6.86. The van der Waals surface area contributed by atoms with Crippen molar-refractivity contribution < 1.29 is 9.21 Å². The van der Waals surface area contributed by atoms with Gasteiger partial charge in [-0.25, -0.2) is 4.68 Å². The largest absolute Gasteiger partial charge is 0.463 e. The topological polar surface area (TPSA) is 77.3 Å². The minimum atomic E-state index is -0.0820. The summed E-state index contributed by atoms with van der Waals surface area (Å²) in [6, 6.07) is 12.7. The van der Waals surface area contributed by atoms with E-state index in [1.165, 1.54) is 0 Å². The first-order valence-corrected chi connectivity index (χ1v) is 8.92. The molecule has 2 aromatic heterocycles. The number of rotatable bonds is 4. The standard InChI is InChI=1S/C19H19ClN4O2/c20-14-3-5-15(6-4-14)24-17(18-2-1-9-26-18)10-16(22-24)19(25)23-8-7-13(11-21)12-23/h1-6,9-10,13H,7-8,11-12,21H2. The van der Waals surface area contributed by atoms with Gasteiger partial charge in [0.15, 0.2) is 11.5 Å². The third-order valence-corrected chi connectivity index (χ3v) is 4.93. The van der Waals surface area contributed by atoms with Crippen molar-refractivity contribution in [2.45, 2.75) is 6.42 Å². The van der Waals surface area contributed by atoms with E-state index >= 15 is 0 Å². The maximum absolute atomic E-state index is 12.9. The molecule has 1 fully saturated rings. The van der Waals surface area contributed by atoms with Crippen LogP contribution >= 0.6 is 11.6 Å². The first-order valence-electron chi connectivity index (χ1n) is 8.55. The lowest BCUT2D eigenvalue weighted by Gasteiger charge is -2.14. The van der Waals surface area contributed by atoms with Crippen LogP contribution in [-0.4, -0.2) is 40.2 Å². The SMILES string of the molecule is NCC1CCN(C(=O)c2cc(-c3ccco3)n(-c3ccc(Cl)cc3)n2)C1. The number of hydrogen-bond acceptors (Lipinski definition) is 4. The second kappa shape index (κ2) is 6.97. The third-order valence-electron chi connectivity index (χ3n) is 4.68. The fraction of sp³-hybridized carbons (Fsp3) is 0.263. The number of likely N-dealkylation sites (tertiary alicyclic amines) is 1. The number of halogens is 1. The molecule has 3 aromatic rings. The first kappa shape index (κ1) is 16.9. The minimum Gasteiger partial charge on any atom is -0.463 e. The number of aromatic nitrogens is 2. The highest BCUT2D eigenvalue weighted by Gasteiger charge is 2.28. The Kier molecular flexibility index (Phi) is 4.53. The number of nitrogens with two attached hydrogens (primary N) is 1. The van der Waals surface area contributed by atoms with Gasteiger partial charge in [-0.3, -0.25) is 4.79 Å². The van der Waals surface area contributed by atoms with E-state index in [0.717, 1.165) is 17.8 Å². The molecule has 1 aliphatic heterocycles. The van der Waals surface area contributed by atoms with Gasteiger partial charge in [0.05, 0.1) is 12.0 Å². The van der Waals surface area contributed by atoms with Gasteiger partial charge in [0, 0.05) is 24.2 Å². The normalized spacial score (nSPS) is 17.0. The Balaban J connectivity index is 1.72. The van der Waals surface area contributed by atoms with Crippen LogP contribution in [0.15, 0.2) is 53.1 Å². The van der Waals surface area contributed by atoms with Crippen molar-refractivity contribution in [1.29, 1.82) is 0 Å². The Morgan fingerprint density at radius 1 is 1.31 bits per heavy atom. The fourth-order valence-corrected chi connectivity index (χ4v) is 3.36. The quantitative estimate of drug-likeness (QED) is 0.765. The molecule has 3 heterocycles. The Hall–Kier alpha value is -2.57. The number of amides is 1. The third kappa shape index (κ3) is 3.13. The van der Waals surface area contributed by atoms with Crippen molar-refractivity contribution >= 4 is 17.5 Å². The van der Waals surface area contributed by atoms with E-state index in [2.05, 4.69) is 5.10 Å². The summed E-state index contributed by atoms with van der Waals surface area (Å²) in [7, 11) is 0. The first-order chi connectivity index (χ1) is 12.7. The van der Waals surface area contributed by atoms with Crippen LogP contribution in [0.2, 0.25) is 5.02 Å². The summed E-state index contributed by atoms with van der Waals surface area (Å²) in [5, 5.41) is 5.19. The molecule has 1 unspecified atom stereocenters. The summed E-state index contributed by atoms with van der Waals surface area (Å²) in [6.07, 6.45) is 2.54. The van der Waals surface area contributed by atoms with Gasteiger partial charge in [0.1, 0.15) is 5.69 Å². The van der Waals surface area contributed by atoms with Crippen LogP contribution in [0.1, 0.15) is 16.9 Å². The highest BCUT2D eigenvalue weighted by atomic mass is 35.5. The molecule has 0 bridgehead atoms. The van der Waals surface area contributed by atoms with E-state index in [0.29, 0.717) is 42.0 Å². The highest BCUT2D eigenvalue weighted by Crippen LogP contribution is 2.26. The van der Waals surface area contributed by atoms with Crippen molar-refractivity contribution in [3.8, 4) is 17.1 Å². The summed E-state index contributed by atoms with van der Waals surface area (Å²) < 4.78 is 7.24. The van der Waals surface area contributed by atoms with E-state index in [1.54, 1.807) is 29.1 Å². The molecule has 26 heavy (non-hydrogen) atoms. The molecule has 7 heteroatoms. The smallest absolute Gasteiger partial charge is 0.274 e. The molecule has 4 rings (SSSR count). The fourth-order valence-electron chi connectivity index (χ4n) is 3.24. The molecule has 0 spiro atoms. The molecule has 2 N–H and O–H groups in total. The zero-order valence-corrected chi connectivity index (χ0v) is 14.9. The summed E-state index contributed by atoms with van der Waals surface area (Å²) >= 11 is 5.99. The highest BCUT2D eigenvalue weighted by molar-refractivity contribution is 6.30. The van der Waals surface area contributed by atoms with Crippen molar-refractivity contribution in [3.63, 3.8) is 0 Å². The van der Waals surface area contributed by atoms with Gasteiger partial charge in [0.2, 0.25) is 0 Å². The molecule has 1 saturated heterocycles. The van der Waals surface area contributed by atoms with Crippen molar-refractivity contribution in [3.05, 3.63) is 59.4 Å². The Morgan fingerprint density at radius 2 is 2.12 bits per heavy atom. The maximum atomic E-state index is 12.9. The summed E-state index contributed by atoms with van der Waals surface area (Å²) in [5.74, 6) is 0.927. The molecule has 6 nitrogen and oxygen atoms in total. The predicted molar refractivity (Wildman–Crippen MR) is 99.3 cm³/mol. The Bertz CT molecular complexity index is 902. The molecule has 1 aliphatic rings. The molecule has 0 radical (unpaired) electrons. The van der Waals surface area contributed by atoms with Crippen LogP contribution in [0.3, 0.4) is 0 Å². The average Bonchev–Trinajstić information content (AvgIpc) is 3.40. The van der Waals surface area contributed by atoms with Crippen LogP contribution in [0.4, 0.5) is 0 Å². The lowest BCUT2D eigenvalue weighted by atomic mass is 10.1. The van der Waals surface area contributed by atoms with E-state index < -0.39 is 0 Å². The van der Waals surface area contributed by atoms with Crippen LogP contribution in [-0.2, 0) is 0 Å². The van der Waals surface area contributed by atoms with E-state index in [1.807, 2.05) is 29.2 Å². The number of carbonyl (C=O) groups is 1. The second-order valence-electron chi connectivity index (χ2n) is 6.42. The summed E-state index contributed by atoms with van der Waals surface area (Å²) in [4.78, 5) is 14.7. The Morgan fingerprint density at radius 3 is 2.77 bits per heavy atom. The number of benzene rings is 1. The Labute approximate surface area is 156 Å². The summed E-state index contributed by atoms with van der Waals surface area (Å²) in [6.45, 7) is 1.99. The van der Waals surface area contributed by atoms with Crippen molar-refractivity contribution in [1.82, 2.24) is 14.7 Å². The van der Waals surface area contributed by atoms with Gasteiger partial charge in [-0.05, 0) is 55.3 Å². The van der Waals surface area contributed by atoms with Gasteiger partial charge in [-0.2, -0.15) is 5.10 Å². The molecule has 0 aliphatic carbocycles. The van der Waals surface area contributed by atoms with Gasteiger partial charge in [0.25, 0.3) is 5.91 Å². The zero-order chi connectivity index (χ0) is 18.1. The number of carbonyl (C=O) groups excluding carboxylic acids is 1. The van der Waals surface area contributed by atoms with E-state index in [9.17, 15) is 4.79 Å². The van der Waals surface area contributed by atoms with Crippen LogP contribution in [0, 0.1) is 5.92 Å². The van der Waals surface area contributed by atoms with E-state index in [-0.39, 0.29) is 5.91 Å².